The van der Waals surface area contributed by atoms with Crippen molar-refractivity contribution >= 4 is 28.9 Å². The molecule has 0 aliphatic heterocycles. The van der Waals surface area contributed by atoms with E-state index in [0.29, 0.717) is 29.0 Å². The molecular weight excluding hydrogens is 378 g/mol. The molecule has 0 unspecified atom stereocenters. The summed E-state index contributed by atoms with van der Waals surface area (Å²) in [4.78, 5) is 25.1. The second kappa shape index (κ2) is 9.60. The lowest BCUT2D eigenvalue weighted by Gasteiger charge is -2.14. The highest BCUT2D eigenvalue weighted by Gasteiger charge is 2.14. The lowest BCUT2D eigenvalue weighted by Crippen LogP contribution is -2.23. The molecule has 30 heavy (non-hydrogen) atoms. The fourth-order valence-electron chi connectivity index (χ4n) is 2.97. The molecule has 2 amide bonds. The number of para-hydroxylation sites is 1. The number of amides is 2. The summed E-state index contributed by atoms with van der Waals surface area (Å²) in [7, 11) is 1.62. The Kier molecular flexibility index (Phi) is 6.70. The van der Waals surface area contributed by atoms with E-state index < -0.39 is 0 Å². The van der Waals surface area contributed by atoms with Crippen LogP contribution in [-0.2, 0) is 0 Å². The maximum Gasteiger partial charge on any atom is 0.257 e. The van der Waals surface area contributed by atoms with Gasteiger partial charge in [-0.15, -0.1) is 0 Å². The Morgan fingerprint density at radius 2 is 1.63 bits per heavy atom. The normalized spacial score (nSPS) is 10.2. The summed E-state index contributed by atoms with van der Waals surface area (Å²) < 4.78 is 5.18. The lowest BCUT2D eigenvalue weighted by atomic mass is 10.1. The van der Waals surface area contributed by atoms with Crippen LogP contribution in [0.4, 0.5) is 17.1 Å². The minimum absolute atomic E-state index is 0.172. The number of nitrogens with one attached hydrogen (secondary N) is 3. The predicted molar refractivity (Wildman–Crippen MR) is 120 cm³/mol. The lowest BCUT2D eigenvalue weighted by molar-refractivity contribution is 0.0954. The summed E-state index contributed by atoms with van der Waals surface area (Å²) in [5.74, 6) is 0.325. The van der Waals surface area contributed by atoms with E-state index in [4.69, 9.17) is 4.74 Å². The van der Waals surface area contributed by atoms with E-state index in [2.05, 4.69) is 16.0 Å². The number of hydrogen-bond acceptors (Lipinski definition) is 4. The number of hydrogen-bond donors (Lipinski definition) is 3. The largest absolute Gasteiger partial charge is 0.497 e. The molecule has 0 saturated carbocycles. The second-order valence-corrected chi connectivity index (χ2v) is 6.74. The van der Waals surface area contributed by atoms with Crippen molar-refractivity contribution in [1.29, 1.82) is 0 Å². The van der Waals surface area contributed by atoms with Gasteiger partial charge in [-0.05, 0) is 67.9 Å². The molecule has 3 aromatic rings. The highest BCUT2D eigenvalue weighted by atomic mass is 16.5. The van der Waals surface area contributed by atoms with Crippen LogP contribution in [0.1, 0.15) is 33.2 Å². The summed E-state index contributed by atoms with van der Waals surface area (Å²) in [6, 6.07) is 20.0. The smallest absolute Gasteiger partial charge is 0.257 e. The first-order valence-electron chi connectivity index (χ1n) is 9.72. The zero-order chi connectivity index (χ0) is 21.5. The van der Waals surface area contributed by atoms with E-state index in [1.807, 2.05) is 62.4 Å². The fraction of sp³-hybridized carbons (Fsp3) is 0.167. The quantitative estimate of drug-likeness (QED) is 0.532. The molecule has 0 radical (unpaired) electrons. The van der Waals surface area contributed by atoms with Crippen molar-refractivity contribution in [2.75, 3.05) is 24.3 Å². The predicted octanol–water partition coefficient (Wildman–Crippen LogP) is 4.75. The van der Waals surface area contributed by atoms with Crippen LogP contribution in [0.15, 0.2) is 66.7 Å². The number of rotatable bonds is 7. The van der Waals surface area contributed by atoms with E-state index in [1.165, 1.54) is 0 Å². The standard InChI is InChI=1S/C24H25N3O3/c1-4-25-23(28)17-10-9-16(2)22(15-17)27-24(29)20-7-5-6-8-21(20)26-18-11-13-19(30-3)14-12-18/h5-15,26H,4H2,1-3H3,(H,25,28)(H,27,29). The molecule has 154 valence electrons. The molecule has 0 saturated heterocycles. The van der Waals surface area contributed by atoms with Gasteiger partial charge in [-0.25, -0.2) is 0 Å². The van der Waals surface area contributed by atoms with E-state index >= 15 is 0 Å². The Morgan fingerprint density at radius 3 is 2.33 bits per heavy atom. The van der Waals surface area contributed by atoms with E-state index in [9.17, 15) is 9.59 Å². The monoisotopic (exact) mass is 403 g/mol. The molecular formula is C24H25N3O3. The van der Waals surface area contributed by atoms with Crippen LogP contribution in [0, 0.1) is 6.92 Å². The zero-order valence-corrected chi connectivity index (χ0v) is 17.3. The number of anilines is 3. The van der Waals surface area contributed by atoms with Crippen molar-refractivity contribution < 1.29 is 14.3 Å². The minimum atomic E-state index is -0.261. The van der Waals surface area contributed by atoms with Crippen molar-refractivity contribution in [2.45, 2.75) is 13.8 Å². The molecule has 6 heteroatoms. The van der Waals surface area contributed by atoms with Gasteiger partial charge in [-0.3, -0.25) is 9.59 Å². The van der Waals surface area contributed by atoms with Gasteiger partial charge < -0.3 is 20.7 Å². The maximum atomic E-state index is 13.0. The zero-order valence-electron chi connectivity index (χ0n) is 17.3. The van der Waals surface area contributed by atoms with Gasteiger partial charge in [-0.1, -0.05) is 18.2 Å². The Morgan fingerprint density at radius 1 is 0.900 bits per heavy atom. The first kappa shape index (κ1) is 20.9. The number of methoxy groups -OCH3 is 1. The van der Waals surface area contributed by atoms with Crippen molar-refractivity contribution in [2.24, 2.45) is 0 Å². The number of carbonyl (C=O) groups excluding carboxylic acids is 2. The summed E-state index contributed by atoms with van der Waals surface area (Å²) in [6.07, 6.45) is 0. The average Bonchev–Trinajstić information content (AvgIpc) is 2.76. The van der Waals surface area contributed by atoms with Gasteiger partial charge >= 0.3 is 0 Å². The van der Waals surface area contributed by atoms with Crippen molar-refractivity contribution in [1.82, 2.24) is 5.32 Å². The van der Waals surface area contributed by atoms with Crippen molar-refractivity contribution in [3.05, 3.63) is 83.4 Å². The summed E-state index contributed by atoms with van der Waals surface area (Å²) in [6.45, 7) is 4.29. The third-order valence-corrected chi connectivity index (χ3v) is 4.63. The first-order chi connectivity index (χ1) is 14.5. The fourth-order valence-corrected chi connectivity index (χ4v) is 2.97. The third-order valence-electron chi connectivity index (χ3n) is 4.63. The number of ether oxygens (including phenoxy) is 1. The molecule has 0 atom stereocenters. The van der Waals surface area contributed by atoms with Crippen molar-refractivity contribution in [3.8, 4) is 5.75 Å². The third kappa shape index (κ3) is 4.97. The molecule has 3 N–H and O–H groups in total. The molecule has 0 aromatic heterocycles. The van der Waals surface area contributed by atoms with Gasteiger partial charge in [0.25, 0.3) is 11.8 Å². The number of aryl methyl sites for hydroxylation is 1. The Labute approximate surface area is 176 Å². The van der Waals surface area contributed by atoms with Gasteiger partial charge in [0.15, 0.2) is 0 Å². The van der Waals surface area contributed by atoms with E-state index in [-0.39, 0.29) is 11.8 Å². The van der Waals surface area contributed by atoms with E-state index in [0.717, 1.165) is 17.0 Å². The van der Waals surface area contributed by atoms with Gasteiger partial charge in [0.1, 0.15) is 5.75 Å². The summed E-state index contributed by atoms with van der Waals surface area (Å²) in [5.41, 5.74) is 3.99. The highest BCUT2D eigenvalue weighted by molar-refractivity contribution is 6.09. The molecule has 0 bridgehead atoms. The van der Waals surface area contributed by atoms with Gasteiger partial charge in [0, 0.05) is 23.5 Å². The molecule has 6 nitrogen and oxygen atoms in total. The van der Waals surface area contributed by atoms with Gasteiger partial charge in [0.2, 0.25) is 0 Å². The molecule has 0 fully saturated rings. The Balaban J connectivity index is 1.82. The number of carbonyl (C=O) groups is 2. The molecule has 0 heterocycles. The first-order valence-corrected chi connectivity index (χ1v) is 9.72. The Hall–Kier alpha value is -3.80. The van der Waals surface area contributed by atoms with Crippen LogP contribution in [0.5, 0.6) is 5.75 Å². The van der Waals surface area contributed by atoms with Crippen molar-refractivity contribution in [3.63, 3.8) is 0 Å². The molecule has 0 spiro atoms. The van der Waals surface area contributed by atoms with Gasteiger partial charge in [0.05, 0.1) is 18.4 Å². The van der Waals surface area contributed by atoms with Crippen LogP contribution in [0.2, 0.25) is 0 Å². The van der Waals surface area contributed by atoms with Crippen LogP contribution in [0.25, 0.3) is 0 Å². The van der Waals surface area contributed by atoms with Crippen LogP contribution in [-0.4, -0.2) is 25.5 Å². The topological polar surface area (TPSA) is 79.5 Å². The second-order valence-electron chi connectivity index (χ2n) is 6.74. The molecule has 3 aromatic carbocycles. The van der Waals surface area contributed by atoms with Crippen LogP contribution in [0.3, 0.4) is 0 Å². The summed E-state index contributed by atoms with van der Waals surface area (Å²) >= 11 is 0. The van der Waals surface area contributed by atoms with Crippen LogP contribution >= 0.6 is 0 Å². The Bertz CT molecular complexity index is 1050. The van der Waals surface area contributed by atoms with Crippen LogP contribution < -0.4 is 20.7 Å². The average molecular weight is 403 g/mol. The highest BCUT2D eigenvalue weighted by Crippen LogP contribution is 2.25. The molecule has 0 aliphatic carbocycles. The maximum absolute atomic E-state index is 13.0. The number of benzene rings is 3. The van der Waals surface area contributed by atoms with E-state index in [1.54, 1.807) is 25.3 Å². The van der Waals surface area contributed by atoms with Gasteiger partial charge in [-0.2, -0.15) is 0 Å². The SMILES string of the molecule is CCNC(=O)c1ccc(C)c(NC(=O)c2ccccc2Nc2ccc(OC)cc2)c1. The molecule has 3 rings (SSSR count). The molecule has 0 aliphatic rings. The minimum Gasteiger partial charge on any atom is -0.497 e. The summed E-state index contributed by atoms with van der Waals surface area (Å²) in [5, 5.41) is 8.97.